The van der Waals surface area contributed by atoms with E-state index in [0.717, 1.165) is 71.5 Å². The lowest BCUT2D eigenvalue weighted by Crippen LogP contribution is -2.46. The zero-order chi connectivity index (χ0) is 16.8. The smallest absolute Gasteiger partial charge is 0.193 e. The summed E-state index contributed by atoms with van der Waals surface area (Å²) in [6.07, 6.45) is 5.80. The highest BCUT2D eigenvalue weighted by atomic mass is 127. The van der Waals surface area contributed by atoms with Gasteiger partial charge in [-0.05, 0) is 12.3 Å². The van der Waals surface area contributed by atoms with Gasteiger partial charge in [-0.3, -0.25) is 14.8 Å². The average molecular weight is 463 g/mol. The highest BCUT2D eigenvalue weighted by molar-refractivity contribution is 14.0. The Hall–Kier alpha value is -0.380. The second-order valence-corrected chi connectivity index (χ2v) is 7.26. The van der Waals surface area contributed by atoms with Crippen molar-refractivity contribution in [2.75, 3.05) is 72.6 Å². The molecule has 3 aliphatic heterocycles. The van der Waals surface area contributed by atoms with E-state index in [0.29, 0.717) is 12.0 Å². The minimum atomic E-state index is 0. The number of rotatable bonds is 5. The second kappa shape index (κ2) is 10.7. The molecule has 2 saturated heterocycles. The van der Waals surface area contributed by atoms with Crippen LogP contribution in [0.2, 0.25) is 0 Å². The molecule has 0 bridgehead atoms. The fourth-order valence-electron chi connectivity index (χ4n) is 3.91. The molecule has 25 heavy (non-hydrogen) atoms. The van der Waals surface area contributed by atoms with Gasteiger partial charge in [0.15, 0.2) is 5.96 Å². The van der Waals surface area contributed by atoms with Gasteiger partial charge >= 0.3 is 0 Å². The first-order valence-electron chi connectivity index (χ1n) is 9.41. The number of hydrogen-bond donors (Lipinski definition) is 1. The molecule has 6 nitrogen and oxygen atoms in total. The summed E-state index contributed by atoms with van der Waals surface area (Å²) in [6.45, 7) is 12.8. The van der Waals surface area contributed by atoms with Gasteiger partial charge in [0.25, 0.3) is 0 Å². The zero-order valence-corrected chi connectivity index (χ0v) is 18.0. The van der Waals surface area contributed by atoms with Crippen molar-refractivity contribution in [1.82, 2.24) is 20.0 Å². The van der Waals surface area contributed by atoms with Crippen LogP contribution in [0.3, 0.4) is 0 Å². The third kappa shape index (κ3) is 6.08. The van der Waals surface area contributed by atoms with Crippen LogP contribution in [-0.4, -0.2) is 99.3 Å². The molecule has 3 heterocycles. The van der Waals surface area contributed by atoms with Gasteiger partial charge in [0.05, 0.1) is 13.2 Å². The van der Waals surface area contributed by atoms with Gasteiger partial charge in [-0.25, -0.2) is 0 Å². The maximum absolute atomic E-state index is 5.43. The van der Waals surface area contributed by atoms with Crippen LogP contribution in [-0.2, 0) is 4.74 Å². The normalized spacial score (nSPS) is 26.7. The lowest BCUT2D eigenvalue weighted by Gasteiger charge is -2.30. The summed E-state index contributed by atoms with van der Waals surface area (Å²) in [5, 5.41) is 3.60. The first kappa shape index (κ1) is 20.9. The van der Waals surface area contributed by atoms with Crippen LogP contribution in [0.25, 0.3) is 0 Å². The molecule has 0 aromatic rings. The number of morpholine rings is 1. The van der Waals surface area contributed by atoms with Crippen molar-refractivity contribution < 1.29 is 4.74 Å². The number of ether oxygens (including phenoxy) is 1. The van der Waals surface area contributed by atoms with Gasteiger partial charge in [-0.2, -0.15) is 0 Å². The van der Waals surface area contributed by atoms with Gasteiger partial charge in [-0.1, -0.05) is 19.1 Å². The number of nitrogens with one attached hydrogen (secondary N) is 1. The fraction of sp³-hybridized carbons (Fsp3) is 0.833. The number of likely N-dealkylation sites (tertiary alicyclic amines) is 1. The molecule has 3 aliphatic rings. The molecule has 0 spiro atoms. The number of nitrogens with zero attached hydrogens (tertiary/aromatic N) is 4. The molecule has 2 unspecified atom stereocenters. The molecule has 0 aromatic carbocycles. The van der Waals surface area contributed by atoms with Crippen molar-refractivity contribution in [3.63, 3.8) is 0 Å². The summed E-state index contributed by atoms with van der Waals surface area (Å²) in [6, 6.07) is 0.671. The summed E-state index contributed by atoms with van der Waals surface area (Å²) in [5.41, 5.74) is 0. The predicted molar refractivity (Wildman–Crippen MR) is 114 cm³/mol. The van der Waals surface area contributed by atoms with E-state index in [-0.39, 0.29) is 24.0 Å². The molecule has 1 N–H and O–H groups in total. The fourth-order valence-corrected chi connectivity index (χ4v) is 3.91. The maximum atomic E-state index is 5.43. The van der Waals surface area contributed by atoms with Crippen LogP contribution in [0.5, 0.6) is 0 Å². The Morgan fingerprint density at radius 2 is 1.96 bits per heavy atom. The van der Waals surface area contributed by atoms with Gasteiger partial charge in [0.2, 0.25) is 0 Å². The third-order valence-corrected chi connectivity index (χ3v) is 5.32. The van der Waals surface area contributed by atoms with Crippen LogP contribution >= 0.6 is 24.0 Å². The maximum Gasteiger partial charge on any atom is 0.193 e. The third-order valence-electron chi connectivity index (χ3n) is 5.32. The first-order valence-corrected chi connectivity index (χ1v) is 9.41. The van der Waals surface area contributed by atoms with Crippen molar-refractivity contribution in [1.29, 1.82) is 0 Å². The summed E-state index contributed by atoms with van der Waals surface area (Å²) >= 11 is 0. The van der Waals surface area contributed by atoms with Gasteiger partial charge in [0, 0.05) is 65.4 Å². The van der Waals surface area contributed by atoms with Crippen molar-refractivity contribution in [2.45, 2.75) is 19.4 Å². The van der Waals surface area contributed by atoms with Crippen molar-refractivity contribution in [3.8, 4) is 0 Å². The van der Waals surface area contributed by atoms with Gasteiger partial charge < -0.3 is 15.0 Å². The second-order valence-electron chi connectivity index (χ2n) is 7.26. The molecule has 3 rings (SSSR count). The molecular weight excluding hydrogens is 429 g/mol. The largest absolute Gasteiger partial charge is 0.379 e. The average Bonchev–Trinajstić information content (AvgIpc) is 3.28. The molecule has 0 aromatic heterocycles. The summed E-state index contributed by atoms with van der Waals surface area (Å²) in [4.78, 5) is 12.0. The summed E-state index contributed by atoms with van der Waals surface area (Å²) in [7, 11) is 1.90. The van der Waals surface area contributed by atoms with E-state index in [4.69, 9.17) is 4.74 Å². The van der Waals surface area contributed by atoms with Crippen LogP contribution in [0, 0.1) is 5.92 Å². The molecule has 0 radical (unpaired) electrons. The highest BCUT2D eigenvalue weighted by Crippen LogP contribution is 2.17. The lowest BCUT2D eigenvalue weighted by molar-refractivity contribution is 0.0320. The number of aliphatic imine (C=N–C) groups is 1. The molecule has 0 aliphatic carbocycles. The molecule has 0 saturated carbocycles. The van der Waals surface area contributed by atoms with E-state index in [2.05, 4.69) is 44.1 Å². The minimum absolute atomic E-state index is 0. The summed E-state index contributed by atoms with van der Waals surface area (Å²) in [5.74, 6) is 1.68. The number of hydrogen-bond acceptors (Lipinski definition) is 4. The SMILES string of the molecule is CN=C(NCC(C)CN1CCOCC1)N1CCC(N2CC=CC2)C1.I. The standard InChI is InChI=1S/C18H33N5O.HI/c1-16(14-21-9-11-24-12-10-21)13-20-18(19-2)23-8-5-17(15-23)22-6-3-4-7-22;/h3-4,16-17H,5-15H2,1-2H3,(H,19,20);1H. The van der Waals surface area contributed by atoms with E-state index in [1.807, 2.05) is 7.05 Å². The van der Waals surface area contributed by atoms with Gasteiger partial charge in [0.1, 0.15) is 0 Å². The molecule has 144 valence electrons. The minimum Gasteiger partial charge on any atom is -0.379 e. The van der Waals surface area contributed by atoms with Crippen molar-refractivity contribution in [3.05, 3.63) is 12.2 Å². The predicted octanol–water partition coefficient (Wildman–Crippen LogP) is 1.09. The first-order chi connectivity index (χ1) is 11.8. The van der Waals surface area contributed by atoms with E-state index in [9.17, 15) is 0 Å². The molecular formula is C18H34IN5O. The number of halogens is 1. The van der Waals surface area contributed by atoms with Crippen LogP contribution < -0.4 is 5.32 Å². The Morgan fingerprint density at radius 1 is 1.24 bits per heavy atom. The molecule has 0 amide bonds. The quantitative estimate of drug-likeness (QED) is 0.286. The Kier molecular flexibility index (Phi) is 8.95. The van der Waals surface area contributed by atoms with Crippen LogP contribution in [0.15, 0.2) is 17.1 Å². The molecule has 7 heteroatoms. The van der Waals surface area contributed by atoms with E-state index < -0.39 is 0 Å². The Morgan fingerprint density at radius 3 is 2.64 bits per heavy atom. The Bertz CT molecular complexity index is 445. The summed E-state index contributed by atoms with van der Waals surface area (Å²) < 4.78 is 5.43. The van der Waals surface area contributed by atoms with Crippen molar-refractivity contribution in [2.24, 2.45) is 10.9 Å². The molecule has 2 fully saturated rings. The zero-order valence-electron chi connectivity index (χ0n) is 15.7. The van der Waals surface area contributed by atoms with Crippen molar-refractivity contribution >= 4 is 29.9 Å². The monoisotopic (exact) mass is 463 g/mol. The van der Waals surface area contributed by atoms with Crippen LogP contribution in [0.1, 0.15) is 13.3 Å². The Balaban J connectivity index is 0.00000225. The molecule has 2 atom stereocenters. The van der Waals surface area contributed by atoms with E-state index in [1.165, 1.54) is 6.42 Å². The van der Waals surface area contributed by atoms with E-state index >= 15 is 0 Å². The Labute approximate surface area is 169 Å². The number of guanidine groups is 1. The van der Waals surface area contributed by atoms with Gasteiger partial charge in [-0.15, -0.1) is 24.0 Å². The lowest BCUT2D eigenvalue weighted by atomic mass is 10.1. The van der Waals surface area contributed by atoms with Crippen LogP contribution in [0.4, 0.5) is 0 Å². The van der Waals surface area contributed by atoms with E-state index in [1.54, 1.807) is 0 Å². The topological polar surface area (TPSA) is 43.3 Å². The highest BCUT2D eigenvalue weighted by Gasteiger charge is 2.29.